The Labute approximate surface area is 183 Å². The van der Waals surface area contributed by atoms with Crippen LogP contribution >= 0.6 is 43.7 Å². The number of halogens is 2. The summed E-state index contributed by atoms with van der Waals surface area (Å²) in [7, 11) is -10.2. The molecule has 15 nitrogen and oxygen atoms in total. The van der Waals surface area contributed by atoms with E-state index in [0.717, 1.165) is 6.33 Å². The predicted molar refractivity (Wildman–Crippen MR) is 107 cm³/mol. The third kappa shape index (κ3) is 6.02. The number of hydrogen-bond donors (Lipinski definition) is 5. The first kappa shape index (κ1) is 25.0. The molecule has 6 atom stereocenters. The van der Waals surface area contributed by atoms with Gasteiger partial charge in [0.1, 0.15) is 36.1 Å². The number of hydrogen-bond acceptors (Lipinski definition) is 12. The molecule has 31 heavy (non-hydrogen) atoms. The number of anilines is 1. The standard InChI is InChI=1S/C11H16Cl2N5O10P3/c12-29(13,21)4-30(22,23)28-31(24,25)26-1-5-7(19)8(20)11(27-5)18-3-17-6-9(14)15-2-16-10(6)18/h2-3,5,7-8,11,19-20H,1,4H2,(H,22,23)(H,24,25)(H2,14,15,16). The van der Waals surface area contributed by atoms with Gasteiger partial charge in [0.2, 0.25) is 0 Å². The number of nitrogens with two attached hydrogens (primary N) is 1. The molecule has 0 saturated carbocycles. The van der Waals surface area contributed by atoms with Crippen LogP contribution in [0.25, 0.3) is 11.2 Å². The average Bonchev–Trinajstić information content (AvgIpc) is 3.13. The lowest BCUT2D eigenvalue weighted by Gasteiger charge is -2.19. The van der Waals surface area contributed by atoms with E-state index in [1.807, 2.05) is 0 Å². The summed E-state index contributed by atoms with van der Waals surface area (Å²) in [6.45, 7) is -0.842. The molecule has 2 aromatic rings. The van der Waals surface area contributed by atoms with E-state index < -0.39 is 58.3 Å². The van der Waals surface area contributed by atoms with Gasteiger partial charge in [-0.2, -0.15) is 0 Å². The van der Waals surface area contributed by atoms with Gasteiger partial charge < -0.3 is 30.5 Å². The number of imidazole rings is 1. The summed E-state index contributed by atoms with van der Waals surface area (Å²) in [6, 6.07) is 0. The molecule has 1 aliphatic heterocycles. The number of fused-ring (bicyclic) bond motifs is 1. The molecule has 1 aliphatic rings. The van der Waals surface area contributed by atoms with Crippen LogP contribution in [0.3, 0.4) is 0 Å². The van der Waals surface area contributed by atoms with E-state index in [1.54, 1.807) is 0 Å². The molecule has 6 N–H and O–H groups in total. The molecule has 0 bridgehead atoms. The third-order valence-corrected chi connectivity index (χ3v) is 11.0. The van der Waals surface area contributed by atoms with Crippen molar-refractivity contribution in [3.63, 3.8) is 0 Å². The minimum absolute atomic E-state index is 0.0712. The van der Waals surface area contributed by atoms with Crippen molar-refractivity contribution in [2.24, 2.45) is 0 Å². The minimum atomic E-state index is -5.20. The molecular weight excluding hydrogens is 526 g/mol. The number of rotatable bonds is 8. The van der Waals surface area contributed by atoms with Crippen molar-refractivity contribution < 1.29 is 47.3 Å². The number of aliphatic hydroxyl groups excluding tert-OH is 2. The molecule has 3 heterocycles. The van der Waals surface area contributed by atoms with Gasteiger partial charge in [0.25, 0.3) is 5.85 Å². The number of ether oxygens (including phenoxy) is 1. The van der Waals surface area contributed by atoms with Crippen LogP contribution in [0.1, 0.15) is 6.23 Å². The van der Waals surface area contributed by atoms with E-state index in [-0.39, 0.29) is 17.0 Å². The van der Waals surface area contributed by atoms with Crippen LogP contribution in [-0.4, -0.2) is 70.3 Å². The highest BCUT2D eigenvalue weighted by Crippen LogP contribution is 2.71. The molecule has 6 unspecified atom stereocenters. The lowest BCUT2D eigenvalue weighted by atomic mass is 10.1. The first-order valence-corrected chi connectivity index (χ1v) is 15.1. The van der Waals surface area contributed by atoms with E-state index in [9.17, 15) is 33.7 Å². The van der Waals surface area contributed by atoms with Crippen LogP contribution in [-0.2, 0) is 27.3 Å². The summed E-state index contributed by atoms with van der Waals surface area (Å²) >= 11 is 10.3. The van der Waals surface area contributed by atoms with Crippen LogP contribution in [0.5, 0.6) is 0 Å². The Hall–Kier alpha value is -0.660. The second kappa shape index (κ2) is 8.94. The van der Waals surface area contributed by atoms with Crippen molar-refractivity contribution in [1.82, 2.24) is 19.5 Å². The fourth-order valence-corrected chi connectivity index (χ4v) is 9.32. The van der Waals surface area contributed by atoms with Gasteiger partial charge in [-0.15, -0.1) is 0 Å². The Balaban J connectivity index is 1.69. The highest BCUT2D eigenvalue weighted by atomic mass is 35.9. The van der Waals surface area contributed by atoms with Crippen molar-refractivity contribution in [2.75, 3.05) is 18.2 Å². The maximum atomic E-state index is 11.9. The van der Waals surface area contributed by atoms with Gasteiger partial charge >= 0.3 is 15.4 Å². The molecule has 0 aliphatic carbocycles. The Morgan fingerprint density at radius 2 is 1.84 bits per heavy atom. The van der Waals surface area contributed by atoms with E-state index in [0.29, 0.717) is 0 Å². The zero-order valence-corrected chi connectivity index (χ0v) is 19.3. The number of nitrogen functional groups attached to an aromatic ring is 1. The maximum Gasteiger partial charge on any atom is 0.479 e. The number of phosphoric ester groups is 1. The molecule has 174 valence electrons. The lowest BCUT2D eigenvalue weighted by molar-refractivity contribution is -0.0501. The number of aromatic nitrogens is 4. The molecule has 3 rings (SSSR count). The number of aliphatic hydroxyl groups is 2. The zero-order chi connectivity index (χ0) is 23.2. The molecule has 1 fully saturated rings. The van der Waals surface area contributed by atoms with Crippen LogP contribution in [0.4, 0.5) is 5.82 Å². The van der Waals surface area contributed by atoms with Gasteiger partial charge in [-0.1, -0.05) is 0 Å². The molecule has 0 amide bonds. The van der Waals surface area contributed by atoms with Crippen molar-refractivity contribution in [3.05, 3.63) is 12.7 Å². The SMILES string of the molecule is Nc1ncnc2c1ncn2C1OC(COP(=O)(O)OP(=O)(O)CP(=O)(Cl)Cl)C(O)C1O. The largest absolute Gasteiger partial charge is 0.479 e. The number of nitrogens with zero attached hydrogens (tertiary/aromatic N) is 4. The molecule has 0 radical (unpaired) electrons. The van der Waals surface area contributed by atoms with Crippen molar-refractivity contribution in [3.8, 4) is 0 Å². The summed E-state index contributed by atoms with van der Waals surface area (Å²) < 4.78 is 50.3. The summed E-state index contributed by atoms with van der Waals surface area (Å²) in [6.07, 6.45) is -3.35. The highest BCUT2D eigenvalue weighted by molar-refractivity contribution is 8.12. The van der Waals surface area contributed by atoms with E-state index in [2.05, 4.69) is 23.8 Å². The van der Waals surface area contributed by atoms with Gasteiger partial charge in [-0.05, 0) is 22.5 Å². The summed E-state index contributed by atoms with van der Waals surface area (Å²) in [5.74, 6) is -5.32. The van der Waals surface area contributed by atoms with Crippen LogP contribution in [0, 0.1) is 0 Å². The highest BCUT2D eigenvalue weighted by Gasteiger charge is 2.46. The fraction of sp³-hybridized carbons (Fsp3) is 0.545. The van der Waals surface area contributed by atoms with Crippen LogP contribution < -0.4 is 5.73 Å². The van der Waals surface area contributed by atoms with Crippen molar-refractivity contribution >= 4 is 60.7 Å². The maximum absolute atomic E-state index is 11.9. The van der Waals surface area contributed by atoms with E-state index in [4.69, 9.17) is 33.0 Å². The normalized spacial score (nSPS) is 28.5. The minimum Gasteiger partial charge on any atom is -0.387 e. The van der Waals surface area contributed by atoms with E-state index >= 15 is 0 Å². The van der Waals surface area contributed by atoms with Gasteiger partial charge in [0, 0.05) is 0 Å². The first-order valence-electron chi connectivity index (χ1n) is 8.12. The molecular formula is C11H16Cl2N5O10P3. The van der Waals surface area contributed by atoms with Crippen LogP contribution in [0.2, 0.25) is 0 Å². The Morgan fingerprint density at radius 3 is 2.48 bits per heavy atom. The number of phosphoric acid groups is 1. The molecule has 1 saturated heterocycles. The van der Waals surface area contributed by atoms with Gasteiger partial charge in [0.15, 0.2) is 17.7 Å². The first-order chi connectivity index (χ1) is 14.2. The van der Waals surface area contributed by atoms with Crippen molar-refractivity contribution in [2.45, 2.75) is 24.5 Å². The molecule has 2 aromatic heterocycles. The topological polar surface area (TPSA) is 229 Å². The smallest absolute Gasteiger partial charge is 0.387 e. The average molecular weight is 542 g/mol. The Morgan fingerprint density at radius 1 is 1.16 bits per heavy atom. The summed E-state index contributed by atoms with van der Waals surface area (Å²) in [5.41, 5.74) is 6.10. The third-order valence-electron chi connectivity index (χ3n) is 3.97. The lowest BCUT2D eigenvalue weighted by Crippen LogP contribution is -2.33. The van der Waals surface area contributed by atoms with Gasteiger partial charge in [-0.25, -0.2) is 23.8 Å². The quantitative estimate of drug-likeness (QED) is 0.293. The molecule has 0 spiro atoms. The van der Waals surface area contributed by atoms with Gasteiger partial charge in [0.05, 0.1) is 12.9 Å². The molecule has 0 aromatic carbocycles. The predicted octanol–water partition coefficient (Wildman–Crippen LogP) is 0.975. The van der Waals surface area contributed by atoms with Gasteiger partial charge in [-0.3, -0.25) is 18.2 Å². The molecule has 20 heteroatoms. The zero-order valence-electron chi connectivity index (χ0n) is 15.1. The van der Waals surface area contributed by atoms with E-state index in [1.165, 1.54) is 10.9 Å². The second-order valence-corrected chi connectivity index (χ2v) is 15.5. The Kier molecular flexibility index (Phi) is 7.20. The monoisotopic (exact) mass is 541 g/mol. The summed E-state index contributed by atoms with van der Waals surface area (Å²) in [5, 5.41) is 20.5. The fourth-order valence-electron chi connectivity index (χ4n) is 2.74. The second-order valence-electron chi connectivity index (χ2n) is 6.32. The Bertz CT molecular complexity index is 1110. The van der Waals surface area contributed by atoms with Crippen LogP contribution in [0.15, 0.2) is 12.7 Å². The van der Waals surface area contributed by atoms with Crippen molar-refractivity contribution in [1.29, 1.82) is 0 Å². The summed E-state index contributed by atoms with van der Waals surface area (Å²) in [4.78, 5) is 30.9.